The summed E-state index contributed by atoms with van der Waals surface area (Å²) in [4.78, 5) is 4.44. The Balaban J connectivity index is 1.86. The molecule has 0 saturated carbocycles. The van der Waals surface area contributed by atoms with Crippen LogP contribution in [-0.4, -0.2) is 30.8 Å². The van der Waals surface area contributed by atoms with E-state index in [9.17, 15) is 4.39 Å². The van der Waals surface area contributed by atoms with Crippen molar-refractivity contribution in [2.45, 2.75) is 25.3 Å². The highest BCUT2D eigenvalue weighted by atomic mass is 19.1. The first-order valence-electron chi connectivity index (χ1n) is 6.65. The Hall–Kier alpha value is -1.46. The van der Waals surface area contributed by atoms with Crippen LogP contribution in [0.1, 0.15) is 25.2 Å². The molecule has 0 aliphatic carbocycles. The molecule has 1 saturated heterocycles. The number of benzene rings is 1. The zero-order valence-corrected chi connectivity index (χ0v) is 10.9. The Morgan fingerprint density at radius 1 is 1.42 bits per heavy atom. The molecule has 0 spiro atoms. The summed E-state index contributed by atoms with van der Waals surface area (Å²) in [5.41, 5.74) is 1.19. The van der Waals surface area contributed by atoms with Crippen LogP contribution in [0, 0.1) is 5.82 Å². The van der Waals surface area contributed by atoms with Crippen LogP contribution in [0.15, 0.2) is 22.6 Å². The number of fused-ring (bicyclic) bond motifs is 1. The van der Waals surface area contributed by atoms with Gasteiger partial charge in [-0.2, -0.15) is 0 Å². The fourth-order valence-corrected chi connectivity index (χ4v) is 2.40. The third-order valence-corrected chi connectivity index (χ3v) is 3.42. The normalized spacial score (nSPS) is 23.3. The minimum atomic E-state index is -0.307. The summed E-state index contributed by atoms with van der Waals surface area (Å²) < 4.78 is 24.3. The van der Waals surface area contributed by atoms with E-state index in [0.29, 0.717) is 30.2 Å². The molecule has 0 bridgehead atoms. The van der Waals surface area contributed by atoms with E-state index < -0.39 is 0 Å². The first-order valence-corrected chi connectivity index (χ1v) is 6.65. The largest absolute Gasteiger partial charge is 0.440 e. The molecule has 1 fully saturated rings. The average Bonchev–Trinajstić information content (AvgIpc) is 3.01. The number of halogens is 1. The molecule has 0 amide bonds. The Morgan fingerprint density at radius 3 is 3.16 bits per heavy atom. The van der Waals surface area contributed by atoms with Crippen molar-refractivity contribution < 1.29 is 13.5 Å². The second-order valence-corrected chi connectivity index (χ2v) is 4.87. The first-order chi connectivity index (χ1) is 9.28. The van der Waals surface area contributed by atoms with Gasteiger partial charge in [-0.1, -0.05) is 6.92 Å². The van der Waals surface area contributed by atoms with Gasteiger partial charge in [-0.3, -0.25) is 0 Å². The van der Waals surface area contributed by atoms with Crippen molar-refractivity contribution in [3.8, 4) is 0 Å². The summed E-state index contributed by atoms with van der Waals surface area (Å²) in [7, 11) is 0. The second kappa shape index (κ2) is 5.27. The molecule has 2 atom stereocenters. The van der Waals surface area contributed by atoms with Crippen LogP contribution in [0.3, 0.4) is 0 Å². The van der Waals surface area contributed by atoms with Gasteiger partial charge in [-0.05, 0) is 25.1 Å². The number of nitrogens with one attached hydrogen (secondary N) is 1. The van der Waals surface area contributed by atoms with Gasteiger partial charge in [0.1, 0.15) is 11.3 Å². The molecule has 5 heteroatoms. The highest BCUT2D eigenvalue weighted by Gasteiger charge is 2.32. The number of hydrogen-bond donors (Lipinski definition) is 1. The molecular formula is C14H17FN2O2. The molecule has 4 nitrogen and oxygen atoms in total. The maximum absolute atomic E-state index is 13.1. The molecule has 102 valence electrons. The molecule has 1 aliphatic heterocycles. The lowest BCUT2D eigenvalue weighted by molar-refractivity contribution is 0.186. The Bertz CT molecular complexity index is 570. The first kappa shape index (κ1) is 12.6. The highest BCUT2D eigenvalue weighted by molar-refractivity contribution is 5.72. The summed E-state index contributed by atoms with van der Waals surface area (Å²) in [6, 6.07) is 4.63. The smallest absolute Gasteiger partial charge is 0.202 e. The molecule has 3 rings (SSSR count). The predicted octanol–water partition coefficient (Wildman–Crippen LogP) is 2.45. The van der Waals surface area contributed by atoms with E-state index in [4.69, 9.17) is 9.15 Å². The Kier molecular flexibility index (Phi) is 3.48. The lowest BCUT2D eigenvalue weighted by atomic mass is 10.0. The molecule has 1 aromatic carbocycles. The van der Waals surface area contributed by atoms with Gasteiger partial charge in [0.05, 0.1) is 19.1 Å². The van der Waals surface area contributed by atoms with Crippen molar-refractivity contribution in [2.24, 2.45) is 0 Å². The van der Waals surface area contributed by atoms with E-state index in [1.165, 1.54) is 12.1 Å². The van der Waals surface area contributed by atoms with Crippen molar-refractivity contribution >= 4 is 11.1 Å². The number of aromatic nitrogens is 1. The number of nitrogens with zero attached hydrogens (tertiary/aromatic N) is 1. The fraction of sp³-hybridized carbons (Fsp3) is 0.500. The van der Waals surface area contributed by atoms with Crippen LogP contribution < -0.4 is 5.32 Å². The van der Waals surface area contributed by atoms with E-state index >= 15 is 0 Å². The van der Waals surface area contributed by atoms with Gasteiger partial charge in [0.25, 0.3) is 0 Å². The average molecular weight is 264 g/mol. The van der Waals surface area contributed by atoms with Crippen molar-refractivity contribution in [3.63, 3.8) is 0 Å². The minimum absolute atomic E-state index is 0.0991. The molecule has 1 aromatic heterocycles. The molecule has 2 heterocycles. The predicted molar refractivity (Wildman–Crippen MR) is 69.6 cm³/mol. The van der Waals surface area contributed by atoms with Crippen LogP contribution in [0.5, 0.6) is 0 Å². The van der Waals surface area contributed by atoms with Gasteiger partial charge in [-0.25, -0.2) is 9.37 Å². The monoisotopic (exact) mass is 264 g/mol. The summed E-state index contributed by atoms with van der Waals surface area (Å²) >= 11 is 0. The van der Waals surface area contributed by atoms with Crippen LogP contribution in [0.25, 0.3) is 11.1 Å². The van der Waals surface area contributed by atoms with Crippen LogP contribution in [0.2, 0.25) is 0 Å². The number of rotatable bonds is 4. The third kappa shape index (κ3) is 2.48. The topological polar surface area (TPSA) is 47.3 Å². The van der Waals surface area contributed by atoms with Gasteiger partial charge in [-0.15, -0.1) is 0 Å². The molecule has 19 heavy (non-hydrogen) atoms. The van der Waals surface area contributed by atoms with Crippen LogP contribution in [0.4, 0.5) is 4.39 Å². The maximum Gasteiger partial charge on any atom is 0.202 e. The zero-order chi connectivity index (χ0) is 13.2. The summed E-state index contributed by atoms with van der Waals surface area (Å²) in [6.07, 6.45) is 1.07. The van der Waals surface area contributed by atoms with Crippen LogP contribution in [-0.2, 0) is 4.74 Å². The molecule has 1 N–H and O–H groups in total. The highest BCUT2D eigenvalue weighted by Crippen LogP contribution is 2.28. The van der Waals surface area contributed by atoms with Gasteiger partial charge in [0.2, 0.25) is 5.89 Å². The molecule has 1 aliphatic rings. The van der Waals surface area contributed by atoms with Gasteiger partial charge < -0.3 is 14.5 Å². The standard InChI is InChI=1S/C14H17FN2O2/c1-2-5-16-12-8-18-7-10(12)14-17-11-4-3-9(15)6-13(11)19-14/h3-4,6,10,12,16H,2,5,7-8H2,1H3. The van der Waals surface area contributed by atoms with E-state index in [2.05, 4.69) is 17.2 Å². The lowest BCUT2D eigenvalue weighted by Gasteiger charge is -2.15. The van der Waals surface area contributed by atoms with Crippen molar-refractivity contribution in [1.29, 1.82) is 0 Å². The van der Waals surface area contributed by atoms with Gasteiger partial charge in [0.15, 0.2) is 5.58 Å². The molecular weight excluding hydrogens is 247 g/mol. The SMILES string of the molecule is CCCNC1COCC1c1nc2ccc(F)cc2o1. The van der Waals surface area contributed by atoms with Gasteiger partial charge >= 0.3 is 0 Å². The third-order valence-electron chi connectivity index (χ3n) is 3.42. The van der Waals surface area contributed by atoms with Gasteiger partial charge in [0, 0.05) is 12.1 Å². The second-order valence-electron chi connectivity index (χ2n) is 4.87. The maximum atomic E-state index is 13.1. The summed E-state index contributed by atoms with van der Waals surface area (Å²) in [5, 5.41) is 3.44. The zero-order valence-electron chi connectivity index (χ0n) is 10.9. The lowest BCUT2D eigenvalue weighted by Crippen LogP contribution is -2.34. The van der Waals surface area contributed by atoms with E-state index in [-0.39, 0.29) is 17.8 Å². The Labute approximate surface area is 111 Å². The van der Waals surface area contributed by atoms with Crippen molar-refractivity contribution in [3.05, 3.63) is 29.9 Å². The summed E-state index contributed by atoms with van der Waals surface area (Å²) in [6.45, 7) is 4.33. The van der Waals surface area contributed by atoms with E-state index in [1.54, 1.807) is 6.07 Å². The number of ether oxygens (including phenoxy) is 1. The van der Waals surface area contributed by atoms with E-state index in [0.717, 1.165) is 13.0 Å². The number of oxazole rings is 1. The fourth-order valence-electron chi connectivity index (χ4n) is 2.40. The number of hydrogen-bond acceptors (Lipinski definition) is 4. The minimum Gasteiger partial charge on any atom is -0.440 e. The Morgan fingerprint density at radius 2 is 2.32 bits per heavy atom. The van der Waals surface area contributed by atoms with E-state index in [1.807, 2.05) is 0 Å². The molecule has 2 aromatic rings. The van der Waals surface area contributed by atoms with Crippen molar-refractivity contribution in [2.75, 3.05) is 19.8 Å². The van der Waals surface area contributed by atoms with Crippen LogP contribution >= 0.6 is 0 Å². The summed E-state index contributed by atoms with van der Waals surface area (Å²) in [5.74, 6) is 0.423. The quantitative estimate of drug-likeness (QED) is 0.921. The molecule has 0 radical (unpaired) electrons. The van der Waals surface area contributed by atoms with Crippen molar-refractivity contribution in [1.82, 2.24) is 10.3 Å². The molecule has 2 unspecified atom stereocenters.